The molecule has 1 aliphatic heterocycles. The molecule has 10 heavy (non-hydrogen) atoms. The Kier molecular flexibility index (Phi) is 1.66. The van der Waals surface area contributed by atoms with E-state index in [4.69, 9.17) is 10.5 Å². The maximum atomic E-state index is 5.56. The van der Waals surface area contributed by atoms with Gasteiger partial charge in [-0.3, -0.25) is 0 Å². The van der Waals surface area contributed by atoms with Crippen molar-refractivity contribution < 1.29 is 4.74 Å². The number of rotatable bonds is 2. The summed E-state index contributed by atoms with van der Waals surface area (Å²) < 4.78 is 5.56. The van der Waals surface area contributed by atoms with E-state index < -0.39 is 0 Å². The smallest absolute Gasteiger partial charge is 0.0607 e. The predicted molar refractivity (Wildman–Crippen MR) is 39.6 cm³/mol. The second-order valence-electron chi connectivity index (χ2n) is 3.55. The molecule has 2 heteroatoms. The quantitative estimate of drug-likeness (QED) is 0.616. The molecule has 2 aliphatic rings. The highest BCUT2D eigenvalue weighted by atomic mass is 16.5. The normalized spacial score (nSPS) is 44.7. The molecule has 0 aromatic heterocycles. The zero-order valence-corrected chi connectivity index (χ0v) is 6.25. The van der Waals surface area contributed by atoms with E-state index in [9.17, 15) is 0 Å². The molecule has 3 unspecified atom stereocenters. The Hall–Kier alpha value is -0.0800. The molecule has 2 N–H and O–H groups in total. The van der Waals surface area contributed by atoms with Gasteiger partial charge in [-0.1, -0.05) is 0 Å². The first kappa shape index (κ1) is 6.62. The second kappa shape index (κ2) is 2.51. The van der Waals surface area contributed by atoms with Gasteiger partial charge in [0.05, 0.1) is 6.10 Å². The van der Waals surface area contributed by atoms with Gasteiger partial charge in [-0.05, 0) is 37.6 Å². The number of ether oxygens (including phenoxy) is 1. The molecule has 0 aromatic carbocycles. The van der Waals surface area contributed by atoms with Crippen molar-refractivity contribution >= 4 is 0 Å². The topological polar surface area (TPSA) is 35.2 Å². The van der Waals surface area contributed by atoms with Crippen LogP contribution in [0.2, 0.25) is 0 Å². The predicted octanol–water partition coefficient (Wildman–Crippen LogP) is 0.760. The Bertz CT molecular complexity index is 126. The Labute approximate surface area is 61.7 Å². The van der Waals surface area contributed by atoms with Gasteiger partial charge in [-0.2, -0.15) is 0 Å². The molecule has 2 nitrogen and oxygen atoms in total. The van der Waals surface area contributed by atoms with Crippen LogP contribution in [-0.2, 0) is 4.74 Å². The van der Waals surface area contributed by atoms with Crippen LogP contribution >= 0.6 is 0 Å². The van der Waals surface area contributed by atoms with E-state index >= 15 is 0 Å². The summed E-state index contributed by atoms with van der Waals surface area (Å²) in [6.45, 7) is 1.85. The summed E-state index contributed by atoms with van der Waals surface area (Å²) in [5, 5.41) is 0. The van der Waals surface area contributed by atoms with Crippen molar-refractivity contribution in [3.63, 3.8) is 0 Å². The highest BCUT2D eigenvalue weighted by Crippen LogP contribution is 2.40. The van der Waals surface area contributed by atoms with E-state index in [0.29, 0.717) is 6.10 Å². The SMILES string of the molecule is NCCC1CC2COC1C2. The monoisotopic (exact) mass is 141 g/mol. The fraction of sp³-hybridized carbons (Fsp3) is 1.00. The van der Waals surface area contributed by atoms with Gasteiger partial charge in [0.15, 0.2) is 0 Å². The molecule has 1 saturated heterocycles. The largest absolute Gasteiger partial charge is 0.378 e. The van der Waals surface area contributed by atoms with Crippen LogP contribution in [0.1, 0.15) is 19.3 Å². The minimum atomic E-state index is 0.577. The molecule has 1 saturated carbocycles. The maximum Gasteiger partial charge on any atom is 0.0607 e. The van der Waals surface area contributed by atoms with Crippen molar-refractivity contribution in [2.45, 2.75) is 25.4 Å². The Morgan fingerprint density at radius 2 is 2.30 bits per heavy atom. The van der Waals surface area contributed by atoms with E-state index in [1.54, 1.807) is 0 Å². The standard InChI is InChI=1S/C8H15NO/c9-2-1-7-3-6-4-8(7)10-5-6/h6-8H,1-5,9H2. The van der Waals surface area contributed by atoms with Crippen LogP contribution in [0.25, 0.3) is 0 Å². The summed E-state index contributed by atoms with van der Waals surface area (Å²) in [5.74, 6) is 1.67. The van der Waals surface area contributed by atoms with E-state index in [2.05, 4.69) is 0 Å². The van der Waals surface area contributed by atoms with Crippen molar-refractivity contribution in [2.24, 2.45) is 17.6 Å². The van der Waals surface area contributed by atoms with Crippen LogP contribution in [0, 0.1) is 11.8 Å². The first-order valence-corrected chi connectivity index (χ1v) is 4.22. The number of hydrogen-bond donors (Lipinski definition) is 1. The summed E-state index contributed by atoms with van der Waals surface area (Å²) in [4.78, 5) is 0. The zero-order valence-electron chi connectivity index (χ0n) is 6.25. The fourth-order valence-corrected chi connectivity index (χ4v) is 2.31. The van der Waals surface area contributed by atoms with Gasteiger partial charge >= 0.3 is 0 Å². The summed E-state index contributed by atoms with van der Waals surface area (Å²) in [7, 11) is 0. The third kappa shape index (κ3) is 0.956. The Morgan fingerprint density at radius 1 is 1.40 bits per heavy atom. The van der Waals surface area contributed by atoms with Gasteiger partial charge < -0.3 is 10.5 Å². The molecule has 0 radical (unpaired) electrons. The van der Waals surface area contributed by atoms with Crippen molar-refractivity contribution in [2.75, 3.05) is 13.2 Å². The summed E-state index contributed by atoms with van der Waals surface area (Å²) in [6.07, 6.45) is 4.43. The highest BCUT2D eigenvalue weighted by Gasteiger charge is 2.39. The third-order valence-electron chi connectivity index (χ3n) is 2.81. The first-order valence-electron chi connectivity index (χ1n) is 4.22. The number of fused-ring (bicyclic) bond motifs is 2. The van der Waals surface area contributed by atoms with E-state index in [-0.39, 0.29) is 0 Å². The lowest BCUT2D eigenvalue weighted by Crippen LogP contribution is -2.22. The molecule has 0 amide bonds. The lowest BCUT2D eigenvalue weighted by molar-refractivity contribution is 0.0322. The summed E-state index contributed by atoms with van der Waals surface area (Å²) in [6, 6.07) is 0. The van der Waals surface area contributed by atoms with Crippen molar-refractivity contribution in [1.29, 1.82) is 0 Å². The van der Waals surface area contributed by atoms with Gasteiger partial charge in [0, 0.05) is 6.61 Å². The minimum Gasteiger partial charge on any atom is -0.378 e. The van der Waals surface area contributed by atoms with E-state index in [1.165, 1.54) is 19.3 Å². The average molecular weight is 141 g/mol. The number of nitrogens with two attached hydrogens (primary N) is 1. The van der Waals surface area contributed by atoms with Crippen LogP contribution in [0.4, 0.5) is 0 Å². The number of hydrogen-bond acceptors (Lipinski definition) is 2. The molecule has 1 aliphatic carbocycles. The lowest BCUT2D eigenvalue weighted by Gasteiger charge is -2.20. The van der Waals surface area contributed by atoms with Crippen LogP contribution in [0.15, 0.2) is 0 Å². The first-order chi connectivity index (χ1) is 4.90. The van der Waals surface area contributed by atoms with E-state index in [0.717, 1.165) is 25.0 Å². The molecule has 2 fully saturated rings. The summed E-state index contributed by atoms with van der Waals surface area (Å²) >= 11 is 0. The summed E-state index contributed by atoms with van der Waals surface area (Å²) in [5.41, 5.74) is 5.48. The van der Waals surface area contributed by atoms with Gasteiger partial charge in [0.1, 0.15) is 0 Å². The minimum absolute atomic E-state index is 0.577. The van der Waals surface area contributed by atoms with Gasteiger partial charge in [-0.25, -0.2) is 0 Å². The van der Waals surface area contributed by atoms with Crippen LogP contribution < -0.4 is 5.73 Å². The second-order valence-corrected chi connectivity index (χ2v) is 3.55. The lowest BCUT2D eigenvalue weighted by atomic mass is 9.99. The third-order valence-corrected chi connectivity index (χ3v) is 2.81. The average Bonchev–Trinajstić information content (AvgIpc) is 2.48. The highest BCUT2D eigenvalue weighted by molar-refractivity contribution is 4.89. The molecular weight excluding hydrogens is 126 g/mol. The van der Waals surface area contributed by atoms with Crippen molar-refractivity contribution in [1.82, 2.24) is 0 Å². The molecule has 2 bridgehead atoms. The Morgan fingerprint density at radius 3 is 2.80 bits per heavy atom. The molecule has 0 aromatic rings. The molecule has 58 valence electrons. The molecular formula is C8H15NO. The van der Waals surface area contributed by atoms with Gasteiger partial charge in [-0.15, -0.1) is 0 Å². The van der Waals surface area contributed by atoms with Crippen molar-refractivity contribution in [3.05, 3.63) is 0 Å². The zero-order chi connectivity index (χ0) is 6.97. The van der Waals surface area contributed by atoms with Gasteiger partial charge in [0.2, 0.25) is 0 Å². The Balaban J connectivity index is 1.90. The molecule has 3 atom stereocenters. The van der Waals surface area contributed by atoms with Crippen LogP contribution in [-0.4, -0.2) is 19.3 Å². The molecule has 2 rings (SSSR count). The fourth-order valence-electron chi connectivity index (χ4n) is 2.31. The van der Waals surface area contributed by atoms with Crippen LogP contribution in [0.5, 0.6) is 0 Å². The maximum absolute atomic E-state index is 5.56. The van der Waals surface area contributed by atoms with Crippen molar-refractivity contribution in [3.8, 4) is 0 Å². The van der Waals surface area contributed by atoms with Gasteiger partial charge in [0.25, 0.3) is 0 Å². The van der Waals surface area contributed by atoms with Crippen LogP contribution in [0.3, 0.4) is 0 Å². The molecule has 1 heterocycles. The molecule has 0 spiro atoms. The van der Waals surface area contributed by atoms with E-state index in [1.807, 2.05) is 0 Å².